The van der Waals surface area contributed by atoms with E-state index in [1.54, 1.807) is 13.2 Å². The molecule has 1 fully saturated rings. The highest BCUT2D eigenvalue weighted by atomic mass is 16.5. The molecule has 0 saturated heterocycles. The second-order valence-electron chi connectivity index (χ2n) is 8.83. The summed E-state index contributed by atoms with van der Waals surface area (Å²) in [5.41, 5.74) is 1.53. The lowest BCUT2D eigenvalue weighted by Crippen LogP contribution is -2.48. The summed E-state index contributed by atoms with van der Waals surface area (Å²) < 4.78 is 10.4. The van der Waals surface area contributed by atoms with Crippen LogP contribution in [0.15, 0.2) is 77.4 Å². The Bertz CT molecular complexity index is 1140. The Kier molecular flexibility index (Phi) is 8.39. The van der Waals surface area contributed by atoms with Crippen molar-refractivity contribution < 1.29 is 23.5 Å². The average molecular weight is 490 g/mol. The van der Waals surface area contributed by atoms with Gasteiger partial charge >= 0.3 is 0 Å². The molecule has 8 nitrogen and oxygen atoms in total. The van der Waals surface area contributed by atoms with Crippen LogP contribution in [0.2, 0.25) is 0 Å². The minimum Gasteiger partial charge on any atom is -0.497 e. The van der Waals surface area contributed by atoms with Crippen LogP contribution < -0.4 is 15.4 Å². The third kappa shape index (κ3) is 6.33. The number of carbonyl (C=O) groups is 3. The van der Waals surface area contributed by atoms with Gasteiger partial charge in [-0.2, -0.15) is 0 Å². The number of methoxy groups -OCH3 is 1. The fourth-order valence-electron chi connectivity index (χ4n) is 4.46. The summed E-state index contributed by atoms with van der Waals surface area (Å²) in [6, 6.07) is 19.0. The maximum Gasteiger partial charge on any atom is 0.287 e. The molecule has 1 heterocycles. The summed E-state index contributed by atoms with van der Waals surface area (Å²) in [7, 11) is 1.59. The number of ether oxygens (including phenoxy) is 1. The number of amides is 3. The van der Waals surface area contributed by atoms with Crippen molar-refractivity contribution in [3.05, 3.63) is 89.9 Å². The van der Waals surface area contributed by atoms with Gasteiger partial charge in [-0.15, -0.1) is 0 Å². The average Bonchev–Trinajstić information content (AvgIpc) is 3.63. The van der Waals surface area contributed by atoms with Crippen molar-refractivity contribution in [3.63, 3.8) is 0 Å². The number of hydrogen-bond donors (Lipinski definition) is 2. The predicted octanol–water partition coefficient (Wildman–Crippen LogP) is 3.85. The van der Waals surface area contributed by atoms with E-state index in [1.807, 2.05) is 54.6 Å². The van der Waals surface area contributed by atoms with Crippen molar-refractivity contribution in [3.8, 4) is 5.75 Å². The minimum atomic E-state index is -0.859. The van der Waals surface area contributed by atoms with Crippen LogP contribution in [0.3, 0.4) is 0 Å². The normalized spacial score (nSPS) is 14.1. The van der Waals surface area contributed by atoms with Crippen molar-refractivity contribution in [2.75, 3.05) is 13.7 Å². The first kappa shape index (κ1) is 25.0. The molecule has 3 aromatic rings. The number of carbonyl (C=O) groups excluding carboxylic acids is 3. The summed E-state index contributed by atoms with van der Waals surface area (Å²) in [4.78, 5) is 41.1. The standard InChI is InChI=1S/C28H31N3O5/c1-35-23-15-13-20(14-16-23)19-31(25(32)18-29-27(33)24-12-7-17-36-24)26(21-8-3-2-4-9-21)28(34)30-22-10-5-6-11-22/h2-4,7-9,12-17,22,26H,5-6,10-11,18-19H2,1H3,(H,29,33)(H,30,34). The van der Waals surface area contributed by atoms with Crippen molar-refractivity contribution in [2.45, 2.75) is 44.3 Å². The molecule has 0 aliphatic heterocycles. The SMILES string of the molecule is COc1ccc(CN(C(=O)CNC(=O)c2ccco2)C(C(=O)NC2CCCC2)c2ccccc2)cc1. The van der Waals surface area contributed by atoms with E-state index in [-0.39, 0.29) is 36.7 Å². The molecule has 1 saturated carbocycles. The molecule has 8 heteroatoms. The highest BCUT2D eigenvalue weighted by Gasteiger charge is 2.33. The van der Waals surface area contributed by atoms with E-state index in [1.165, 1.54) is 17.2 Å². The highest BCUT2D eigenvalue weighted by Crippen LogP contribution is 2.26. The van der Waals surface area contributed by atoms with E-state index < -0.39 is 11.9 Å². The van der Waals surface area contributed by atoms with Gasteiger partial charge in [0.2, 0.25) is 11.8 Å². The number of furan rings is 1. The van der Waals surface area contributed by atoms with E-state index in [9.17, 15) is 14.4 Å². The van der Waals surface area contributed by atoms with Gasteiger partial charge in [0.15, 0.2) is 5.76 Å². The molecular formula is C28H31N3O5. The van der Waals surface area contributed by atoms with Crippen LogP contribution in [-0.4, -0.2) is 42.3 Å². The van der Waals surface area contributed by atoms with Gasteiger partial charge in [-0.3, -0.25) is 14.4 Å². The zero-order valence-electron chi connectivity index (χ0n) is 20.3. The minimum absolute atomic E-state index is 0.0975. The third-order valence-corrected chi connectivity index (χ3v) is 6.35. The van der Waals surface area contributed by atoms with Crippen LogP contribution >= 0.6 is 0 Å². The van der Waals surface area contributed by atoms with E-state index >= 15 is 0 Å². The summed E-state index contributed by atoms with van der Waals surface area (Å²) in [5.74, 6) is -0.304. The van der Waals surface area contributed by atoms with Crippen LogP contribution in [-0.2, 0) is 16.1 Å². The van der Waals surface area contributed by atoms with Crippen molar-refractivity contribution >= 4 is 17.7 Å². The summed E-state index contributed by atoms with van der Waals surface area (Å²) >= 11 is 0. The number of benzene rings is 2. The molecule has 2 aromatic carbocycles. The third-order valence-electron chi connectivity index (χ3n) is 6.35. The molecule has 1 unspecified atom stereocenters. The largest absolute Gasteiger partial charge is 0.497 e. The van der Waals surface area contributed by atoms with Gasteiger partial charge in [-0.1, -0.05) is 55.3 Å². The topological polar surface area (TPSA) is 101 Å². The summed E-state index contributed by atoms with van der Waals surface area (Å²) in [6.45, 7) is -0.104. The van der Waals surface area contributed by atoms with Crippen molar-refractivity contribution in [1.82, 2.24) is 15.5 Å². The lowest BCUT2D eigenvalue weighted by molar-refractivity contribution is -0.141. The first-order valence-electron chi connectivity index (χ1n) is 12.1. The molecular weight excluding hydrogens is 458 g/mol. The van der Waals surface area contributed by atoms with E-state index in [0.29, 0.717) is 11.3 Å². The molecule has 36 heavy (non-hydrogen) atoms. The number of nitrogens with zero attached hydrogens (tertiary/aromatic N) is 1. The van der Waals surface area contributed by atoms with Crippen LogP contribution in [0, 0.1) is 0 Å². The highest BCUT2D eigenvalue weighted by molar-refractivity contribution is 5.95. The van der Waals surface area contributed by atoms with Gasteiger partial charge in [0.05, 0.1) is 19.9 Å². The van der Waals surface area contributed by atoms with Gasteiger partial charge in [0.25, 0.3) is 5.91 Å². The summed E-state index contributed by atoms with van der Waals surface area (Å²) in [5, 5.41) is 5.76. The fourth-order valence-corrected chi connectivity index (χ4v) is 4.46. The molecule has 2 N–H and O–H groups in total. The van der Waals surface area contributed by atoms with Crippen LogP contribution in [0.5, 0.6) is 5.75 Å². The molecule has 0 spiro atoms. The second kappa shape index (κ2) is 12.1. The first-order chi connectivity index (χ1) is 17.5. The first-order valence-corrected chi connectivity index (χ1v) is 12.1. The lowest BCUT2D eigenvalue weighted by atomic mass is 10.0. The Morgan fingerprint density at radius 1 is 1.00 bits per heavy atom. The van der Waals surface area contributed by atoms with E-state index in [0.717, 1.165) is 31.2 Å². The molecule has 3 amide bonds. The number of hydrogen-bond acceptors (Lipinski definition) is 5. The number of nitrogens with one attached hydrogen (secondary N) is 2. The van der Waals surface area contributed by atoms with Crippen LogP contribution in [0.25, 0.3) is 0 Å². The van der Waals surface area contributed by atoms with Crippen LogP contribution in [0.4, 0.5) is 0 Å². The zero-order chi connectivity index (χ0) is 25.3. The van der Waals surface area contributed by atoms with Gasteiger partial charge in [0.1, 0.15) is 11.8 Å². The Hall–Kier alpha value is -4.07. The van der Waals surface area contributed by atoms with Crippen LogP contribution in [0.1, 0.15) is 53.4 Å². The van der Waals surface area contributed by atoms with E-state index in [4.69, 9.17) is 9.15 Å². The molecule has 1 aromatic heterocycles. The smallest absolute Gasteiger partial charge is 0.287 e. The number of rotatable bonds is 10. The molecule has 4 rings (SSSR count). The maximum absolute atomic E-state index is 13.6. The second-order valence-corrected chi connectivity index (χ2v) is 8.83. The lowest BCUT2D eigenvalue weighted by Gasteiger charge is -2.32. The Morgan fingerprint density at radius 2 is 1.72 bits per heavy atom. The Labute approximate surface area is 210 Å². The van der Waals surface area contributed by atoms with Gasteiger partial charge < -0.3 is 24.7 Å². The fraction of sp³-hybridized carbons (Fsp3) is 0.321. The van der Waals surface area contributed by atoms with Gasteiger partial charge in [-0.25, -0.2) is 0 Å². The molecule has 1 atom stereocenters. The predicted molar refractivity (Wildman–Crippen MR) is 134 cm³/mol. The maximum atomic E-state index is 13.6. The molecule has 1 aliphatic carbocycles. The zero-order valence-corrected chi connectivity index (χ0v) is 20.3. The Balaban J connectivity index is 1.61. The van der Waals surface area contributed by atoms with Gasteiger partial charge in [0, 0.05) is 12.6 Å². The molecule has 188 valence electrons. The van der Waals surface area contributed by atoms with Crippen molar-refractivity contribution in [2.24, 2.45) is 0 Å². The summed E-state index contributed by atoms with van der Waals surface area (Å²) in [6.07, 6.45) is 5.41. The molecule has 1 aliphatic rings. The Morgan fingerprint density at radius 3 is 2.36 bits per heavy atom. The quantitative estimate of drug-likeness (QED) is 0.451. The molecule has 0 radical (unpaired) electrons. The van der Waals surface area contributed by atoms with Crippen molar-refractivity contribution in [1.29, 1.82) is 0 Å². The molecule has 0 bridgehead atoms. The van der Waals surface area contributed by atoms with Gasteiger partial charge in [-0.05, 0) is 48.2 Å². The van der Waals surface area contributed by atoms with E-state index in [2.05, 4.69) is 10.6 Å². The monoisotopic (exact) mass is 489 g/mol.